The van der Waals surface area contributed by atoms with Crippen LogP contribution in [0.1, 0.15) is 35.5 Å². The Morgan fingerprint density at radius 2 is 1.93 bits per heavy atom. The second-order valence-corrected chi connectivity index (χ2v) is 8.16. The Hall–Kier alpha value is -2.99. The van der Waals surface area contributed by atoms with Crippen LogP contribution >= 0.6 is 11.3 Å². The molecule has 0 bridgehead atoms. The van der Waals surface area contributed by atoms with Gasteiger partial charge in [-0.15, -0.1) is 11.3 Å². The highest BCUT2D eigenvalue weighted by molar-refractivity contribution is 7.09. The Labute approximate surface area is 182 Å². The van der Waals surface area contributed by atoms with E-state index in [1.165, 1.54) is 0 Å². The highest BCUT2D eigenvalue weighted by Gasteiger charge is 2.08. The Kier molecular flexibility index (Phi) is 7.36. The van der Waals surface area contributed by atoms with Crippen molar-refractivity contribution in [1.29, 1.82) is 0 Å². The first-order chi connectivity index (χ1) is 14.5. The highest BCUT2D eigenvalue weighted by atomic mass is 32.1. The Morgan fingerprint density at radius 1 is 1.17 bits per heavy atom. The minimum atomic E-state index is 0.360. The zero-order chi connectivity index (χ0) is 21.5. The normalized spacial score (nSPS) is 11.8. The number of nitrogens with zero attached hydrogens (tertiary/aromatic N) is 4. The molecule has 1 heterocycles. The average Bonchev–Trinajstić information content (AvgIpc) is 3.23. The van der Waals surface area contributed by atoms with Crippen molar-refractivity contribution >= 4 is 29.1 Å². The van der Waals surface area contributed by atoms with Crippen molar-refractivity contribution in [1.82, 2.24) is 9.88 Å². The number of thiazole rings is 1. The molecule has 0 aliphatic heterocycles. The SMILES string of the molecule is CCN(C)C=Nc1cc(C)c(/C(C)=N/OCc2nc(-c3ccccc3)cs2)cc1C. The summed E-state index contributed by atoms with van der Waals surface area (Å²) in [6, 6.07) is 14.4. The lowest BCUT2D eigenvalue weighted by Gasteiger charge is -2.11. The van der Waals surface area contributed by atoms with Crippen LogP contribution in [0.5, 0.6) is 0 Å². The summed E-state index contributed by atoms with van der Waals surface area (Å²) in [4.78, 5) is 16.9. The molecule has 0 radical (unpaired) electrons. The maximum absolute atomic E-state index is 5.60. The van der Waals surface area contributed by atoms with E-state index in [2.05, 4.69) is 60.2 Å². The molecule has 0 saturated heterocycles. The molecule has 3 rings (SSSR count). The van der Waals surface area contributed by atoms with Gasteiger partial charge in [-0.2, -0.15) is 0 Å². The van der Waals surface area contributed by atoms with E-state index in [0.717, 1.165) is 50.9 Å². The summed E-state index contributed by atoms with van der Waals surface area (Å²) in [6.45, 7) is 9.49. The van der Waals surface area contributed by atoms with Gasteiger partial charge in [-0.1, -0.05) is 35.5 Å². The van der Waals surface area contributed by atoms with Crippen molar-refractivity contribution in [2.75, 3.05) is 13.6 Å². The summed E-state index contributed by atoms with van der Waals surface area (Å²) in [5.74, 6) is 0. The number of benzene rings is 2. The number of aliphatic imine (C=N–C) groups is 1. The Morgan fingerprint density at radius 3 is 2.67 bits per heavy atom. The summed E-state index contributed by atoms with van der Waals surface area (Å²) < 4.78 is 0. The van der Waals surface area contributed by atoms with Gasteiger partial charge in [0.15, 0.2) is 6.61 Å². The van der Waals surface area contributed by atoms with Gasteiger partial charge in [-0.25, -0.2) is 9.98 Å². The monoisotopic (exact) mass is 420 g/mol. The zero-order valence-corrected chi connectivity index (χ0v) is 19.0. The van der Waals surface area contributed by atoms with Crippen LogP contribution < -0.4 is 0 Å². The van der Waals surface area contributed by atoms with Gasteiger partial charge in [-0.05, 0) is 51.0 Å². The van der Waals surface area contributed by atoms with Gasteiger partial charge < -0.3 is 9.74 Å². The lowest BCUT2D eigenvalue weighted by atomic mass is 10.0. The minimum Gasteiger partial charge on any atom is -0.388 e. The molecule has 1 aromatic heterocycles. The summed E-state index contributed by atoms with van der Waals surface area (Å²) in [6.07, 6.45) is 1.86. The third kappa shape index (κ3) is 5.54. The van der Waals surface area contributed by atoms with Crippen molar-refractivity contribution in [2.45, 2.75) is 34.3 Å². The number of aromatic nitrogens is 1. The molecule has 0 spiro atoms. The van der Waals surface area contributed by atoms with E-state index >= 15 is 0 Å². The van der Waals surface area contributed by atoms with Crippen molar-refractivity contribution in [3.8, 4) is 11.3 Å². The first kappa shape index (κ1) is 21.7. The topological polar surface area (TPSA) is 50.1 Å². The van der Waals surface area contributed by atoms with Crippen LogP contribution in [0.25, 0.3) is 11.3 Å². The van der Waals surface area contributed by atoms with Gasteiger partial charge in [0.1, 0.15) is 5.01 Å². The first-order valence-corrected chi connectivity index (χ1v) is 10.9. The molecule has 0 aliphatic carbocycles. The second-order valence-electron chi connectivity index (χ2n) is 7.21. The van der Waals surface area contributed by atoms with Gasteiger partial charge in [0, 0.05) is 30.1 Å². The summed E-state index contributed by atoms with van der Waals surface area (Å²) in [7, 11) is 2.01. The van der Waals surface area contributed by atoms with Crippen LogP contribution in [-0.4, -0.2) is 35.5 Å². The Bertz CT molecular complexity index is 1040. The minimum absolute atomic E-state index is 0.360. The predicted molar refractivity (Wildman–Crippen MR) is 127 cm³/mol. The third-order valence-electron chi connectivity index (χ3n) is 4.84. The van der Waals surface area contributed by atoms with E-state index < -0.39 is 0 Å². The number of rotatable bonds is 8. The molecule has 3 aromatic rings. The van der Waals surface area contributed by atoms with Crippen LogP contribution in [0.2, 0.25) is 0 Å². The average molecular weight is 421 g/mol. The lowest BCUT2D eigenvalue weighted by Crippen LogP contribution is -2.14. The fourth-order valence-electron chi connectivity index (χ4n) is 2.92. The number of hydrogen-bond acceptors (Lipinski definition) is 5. The fraction of sp³-hybridized carbons (Fsp3) is 0.292. The number of oxime groups is 1. The van der Waals surface area contributed by atoms with E-state index in [-0.39, 0.29) is 0 Å². The fourth-order valence-corrected chi connectivity index (χ4v) is 3.63. The molecule has 156 valence electrons. The summed E-state index contributed by atoms with van der Waals surface area (Å²) >= 11 is 1.58. The molecule has 30 heavy (non-hydrogen) atoms. The van der Waals surface area contributed by atoms with E-state index in [1.807, 2.05) is 48.8 Å². The smallest absolute Gasteiger partial charge is 0.168 e. The second kappa shape index (κ2) is 10.2. The molecule has 0 N–H and O–H groups in total. The highest BCUT2D eigenvalue weighted by Crippen LogP contribution is 2.24. The number of aryl methyl sites for hydroxylation is 2. The maximum atomic E-state index is 5.60. The van der Waals surface area contributed by atoms with E-state index in [9.17, 15) is 0 Å². The van der Waals surface area contributed by atoms with Gasteiger partial charge in [0.05, 0.1) is 23.4 Å². The van der Waals surface area contributed by atoms with Crippen LogP contribution in [0.3, 0.4) is 0 Å². The van der Waals surface area contributed by atoms with Crippen molar-refractivity contribution in [2.24, 2.45) is 10.1 Å². The molecule has 0 atom stereocenters. The van der Waals surface area contributed by atoms with Crippen LogP contribution in [0, 0.1) is 13.8 Å². The van der Waals surface area contributed by atoms with Crippen molar-refractivity contribution < 1.29 is 4.84 Å². The molecular weight excluding hydrogens is 392 g/mol. The molecule has 0 aliphatic rings. The summed E-state index contributed by atoms with van der Waals surface area (Å²) in [5.41, 5.74) is 7.20. The number of hydrogen-bond donors (Lipinski definition) is 0. The lowest BCUT2D eigenvalue weighted by molar-refractivity contribution is 0.130. The zero-order valence-electron chi connectivity index (χ0n) is 18.2. The largest absolute Gasteiger partial charge is 0.388 e. The predicted octanol–water partition coefficient (Wildman–Crippen LogP) is 5.98. The molecule has 2 aromatic carbocycles. The molecule has 0 saturated carbocycles. The Balaban J connectivity index is 1.66. The third-order valence-corrected chi connectivity index (χ3v) is 5.66. The van der Waals surface area contributed by atoms with Gasteiger partial charge in [0.25, 0.3) is 0 Å². The van der Waals surface area contributed by atoms with E-state index in [1.54, 1.807) is 11.3 Å². The first-order valence-electron chi connectivity index (χ1n) is 10.0. The van der Waals surface area contributed by atoms with Gasteiger partial charge in [0.2, 0.25) is 0 Å². The van der Waals surface area contributed by atoms with Crippen LogP contribution in [0.15, 0.2) is 58.0 Å². The van der Waals surface area contributed by atoms with Gasteiger partial charge >= 0.3 is 0 Å². The van der Waals surface area contributed by atoms with Crippen LogP contribution in [-0.2, 0) is 11.4 Å². The van der Waals surface area contributed by atoms with E-state index in [4.69, 9.17) is 4.84 Å². The summed E-state index contributed by atoms with van der Waals surface area (Å²) in [5, 5.41) is 7.28. The van der Waals surface area contributed by atoms with Crippen LogP contribution in [0.4, 0.5) is 5.69 Å². The standard InChI is InChI=1S/C24H28N4OS/c1-6-28(5)16-25-22-13-17(2)21(12-18(22)3)19(4)27-29-14-24-26-23(15-30-24)20-10-8-7-9-11-20/h7-13,15-16H,6,14H2,1-5H3/b25-16?,27-19+. The van der Waals surface area contributed by atoms with E-state index in [0.29, 0.717) is 6.61 Å². The molecule has 0 unspecified atom stereocenters. The quantitative estimate of drug-likeness (QED) is 0.256. The molecular formula is C24H28N4OS. The molecule has 5 nitrogen and oxygen atoms in total. The van der Waals surface area contributed by atoms with Gasteiger partial charge in [-0.3, -0.25) is 0 Å². The van der Waals surface area contributed by atoms with Crippen molar-refractivity contribution in [3.05, 3.63) is 69.5 Å². The maximum Gasteiger partial charge on any atom is 0.168 e. The van der Waals surface area contributed by atoms with Crippen molar-refractivity contribution in [3.63, 3.8) is 0 Å². The molecule has 6 heteroatoms. The molecule has 0 fully saturated rings. The molecule has 0 amide bonds.